The first-order valence-corrected chi connectivity index (χ1v) is 12.0. The van der Waals surface area contributed by atoms with Crippen LogP contribution < -0.4 is 5.48 Å². The van der Waals surface area contributed by atoms with Crippen molar-refractivity contribution in [2.24, 2.45) is 11.8 Å². The SMILES string of the molecule is CC(CO)ONC(=O)c1ccc(C2C3CCCCC3C(c3ccc(C#N)c(C(F)(F)F)c3)N2[O-])cc1F. The average molecular weight is 521 g/mol. The van der Waals surface area contributed by atoms with Crippen molar-refractivity contribution in [1.82, 2.24) is 10.5 Å². The van der Waals surface area contributed by atoms with Gasteiger partial charge in [0.15, 0.2) is 0 Å². The van der Waals surface area contributed by atoms with E-state index < -0.39 is 47.2 Å². The van der Waals surface area contributed by atoms with Gasteiger partial charge in [-0.3, -0.25) is 9.63 Å². The molecule has 2 N–H and O–H groups in total. The minimum atomic E-state index is -4.75. The van der Waals surface area contributed by atoms with Crippen LogP contribution in [0.4, 0.5) is 17.6 Å². The highest BCUT2D eigenvalue weighted by atomic mass is 19.4. The standard InChI is InChI=1S/C26H26F4N3O4/c1-14(13-34)37-32-25(35)20-9-8-16(11-22(20)27)24-19-5-3-2-4-18(19)23(33(24)36)15-6-7-17(12-31)21(10-15)26(28,29)30/h6-11,14,18-19,23-24,34H,2-5,13H2,1H3,(H,32,35)/q-1. The summed E-state index contributed by atoms with van der Waals surface area (Å²) in [6.45, 7) is 1.15. The molecule has 0 bridgehead atoms. The molecule has 4 rings (SSSR count). The number of fused-ring (bicyclic) bond motifs is 1. The second kappa shape index (κ2) is 10.8. The summed E-state index contributed by atoms with van der Waals surface area (Å²) in [5, 5.41) is 32.5. The number of aliphatic hydroxyl groups is 1. The number of carbonyl (C=O) groups is 1. The summed E-state index contributed by atoms with van der Waals surface area (Å²) in [5.74, 6) is -2.20. The summed E-state index contributed by atoms with van der Waals surface area (Å²) in [5.41, 5.74) is 0.647. The summed E-state index contributed by atoms with van der Waals surface area (Å²) in [6, 6.07) is 7.02. The third-order valence-electron chi connectivity index (χ3n) is 7.23. The number of rotatable bonds is 6. The zero-order valence-electron chi connectivity index (χ0n) is 20.0. The number of hydrogen-bond donors (Lipinski definition) is 2. The number of carbonyl (C=O) groups excluding carboxylic acids is 1. The number of hydroxylamine groups is 3. The van der Waals surface area contributed by atoms with E-state index in [1.165, 1.54) is 25.1 Å². The van der Waals surface area contributed by atoms with Gasteiger partial charge in [-0.15, -0.1) is 0 Å². The third kappa shape index (κ3) is 5.33. The average Bonchev–Trinajstić information content (AvgIpc) is 3.17. The monoisotopic (exact) mass is 520 g/mol. The highest BCUT2D eigenvalue weighted by Gasteiger charge is 2.47. The van der Waals surface area contributed by atoms with Crippen LogP contribution in [0.25, 0.3) is 0 Å². The molecule has 37 heavy (non-hydrogen) atoms. The number of halogens is 4. The summed E-state index contributed by atoms with van der Waals surface area (Å²) in [7, 11) is 0. The van der Waals surface area contributed by atoms with Crippen molar-refractivity contribution in [3.63, 3.8) is 0 Å². The van der Waals surface area contributed by atoms with Crippen molar-refractivity contribution in [3.8, 4) is 6.07 Å². The zero-order valence-corrected chi connectivity index (χ0v) is 20.0. The van der Waals surface area contributed by atoms with Crippen LogP contribution >= 0.6 is 0 Å². The highest BCUT2D eigenvalue weighted by Crippen LogP contribution is 2.56. The lowest BCUT2D eigenvalue weighted by Crippen LogP contribution is -2.30. The van der Waals surface area contributed by atoms with Crippen molar-refractivity contribution >= 4 is 5.91 Å². The minimum absolute atomic E-state index is 0.173. The van der Waals surface area contributed by atoms with Gasteiger partial charge >= 0.3 is 6.18 Å². The second-order valence-electron chi connectivity index (χ2n) is 9.56. The largest absolute Gasteiger partial charge is 0.784 e. The molecule has 2 aromatic rings. The maximum absolute atomic E-state index is 15.0. The van der Waals surface area contributed by atoms with Crippen LogP contribution in [0.3, 0.4) is 0 Å². The fourth-order valence-corrected chi connectivity index (χ4v) is 5.53. The highest BCUT2D eigenvalue weighted by molar-refractivity contribution is 5.93. The van der Waals surface area contributed by atoms with Gasteiger partial charge in [0.25, 0.3) is 5.91 Å². The van der Waals surface area contributed by atoms with E-state index in [9.17, 15) is 27.6 Å². The van der Waals surface area contributed by atoms with Crippen molar-refractivity contribution in [2.75, 3.05) is 6.61 Å². The Kier molecular flexibility index (Phi) is 7.85. The van der Waals surface area contributed by atoms with Gasteiger partial charge in [-0.05, 0) is 67.0 Å². The van der Waals surface area contributed by atoms with Gasteiger partial charge in [0, 0.05) is 12.1 Å². The van der Waals surface area contributed by atoms with E-state index in [4.69, 9.17) is 15.2 Å². The van der Waals surface area contributed by atoms with E-state index in [1.807, 2.05) is 0 Å². The molecule has 2 aromatic carbocycles. The maximum Gasteiger partial charge on any atom is 0.417 e. The van der Waals surface area contributed by atoms with Gasteiger partial charge < -0.3 is 15.4 Å². The molecule has 1 saturated carbocycles. The molecule has 1 aliphatic carbocycles. The van der Waals surface area contributed by atoms with Crippen molar-refractivity contribution < 1.29 is 32.3 Å². The zero-order chi connectivity index (χ0) is 26.9. The van der Waals surface area contributed by atoms with E-state index in [0.717, 1.165) is 36.1 Å². The number of alkyl halides is 3. The lowest BCUT2D eigenvalue weighted by Gasteiger charge is -2.38. The van der Waals surface area contributed by atoms with Crippen LogP contribution in [-0.4, -0.2) is 28.8 Å². The molecular weight excluding hydrogens is 494 g/mol. The Bertz CT molecular complexity index is 1200. The van der Waals surface area contributed by atoms with Crippen LogP contribution in [0.1, 0.15) is 77.3 Å². The minimum Gasteiger partial charge on any atom is -0.784 e. The van der Waals surface area contributed by atoms with Crippen LogP contribution in [0.2, 0.25) is 0 Å². The first kappa shape index (κ1) is 27.0. The van der Waals surface area contributed by atoms with Crippen LogP contribution in [0.5, 0.6) is 0 Å². The van der Waals surface area contributed by atoms with Crippen molar-refractivity contribution in [2.45, 2.75) is 57.0 Å². The molecule has 0 aromatic heterocycles. The van der Waals surface area contributed by atoms with Crippen LogP contribution in [0, 0.1) is 34.2 Å². The molecule has 7 nitrogen and oxygen atoms in total. The molecule has 5 unspecified atom stereocenters. The molecule has 0 radical (unpaired) electrons. The smallest absolute Gasteiger partial charge is 0.417 e. The number of amides is 1. The molecule has 1 heterocycles. The van der Waals surface area contributed by atoms with Gasteiger partial charge in [0.05, 0.1) is 29.4 Å². The number of benzene rings is 2. The van der Waals surface area contributed by atoms with Crippen molar-refractivity contribution in [1.29, 1.82) is 5.26 Å². The Morgan fingerprint density at radius 2 is 1.78 bits per heavy atom. The molecule has 5 atom stereocenters. The van der Waals surface area contributed by atoms with E-state index in [1.54, 1.807) is 6.07 Å². The van der Waals surface area contributed by atoms with Gasteiger partial charge in [-0.25, -0.2) is 9.87 Å². The molecule has 2 aliphatic rings. The number of aliphatic hydroxyl groups excluding tert-OH is 1. The summed E-state index contributed by atoms with van der Waals surface area (Å²) in [4.78, 5) is 17.2. The topological polar surface area (TPSA) is 109 Å². The first-order chi connectivity index (χ1) is 17.6. The molecule has 1 saturated heterocycles. The Labute approximate surface area is 211 Å². The molecule has 0 spiro atoms. The maximum atomic E-state index is 15.0. The molecule has 1 aliphatic heterocycles. The van der Waals surface area contributed by atoms with E-state index in [-0.39, 0.29) is 29.6 Å². The third-order valence-corrected chi connectivity index (χ3v) is 7.23. The Balaban J connectivity index is 1.66. The number of nitrogens with one attached hydrogen (secondary N) is 1. The van der Waals surface area contributed by atoms with E-state index in [0.29, 0.717) is 18.4 Å². The van der Waals surface area contributed by atoms with Gasteiger partial charge in [-0.1, -0.05) is 25.0 Å². The molecule has 198 valence electrons. The quantitative estimate of drug-likeness (QED) is 0.402. The fraction of sp³-hybridized carbons (Fsp3) is 0.462. The summed E-state index contributed by atoms with van der Waals surface area (Å²) >= 11 is 0. The number of nitriles is 1. The Morgan fingerprint density at radius 1 is 1.19 bits per heavy atom. The molecular formula is C26H26F4N3O4-. The van der Waals surface area contributed by atoms with Gasteiger partial charge in [0.1, 0.15) is 11.9 Å². The van der Waals surface area contributed by atoms with Crippen molar-refractivity contribution in [3.05, 3.63) is 75.2 Å². The van der Waals surface area contributed by atoms with Gasteiger partial charge in [-0.2, -0.15) is 18.4 Å². The first-order valence-electron chi connectivity index (χ1n) is 12.0. The van der Waals surface area contributed by atoms with E-state index >= 15 is 0 Å². The Morgan fingerprint density at radius 3 is 2.32 bits per heavy atom. The normalized spacial score (nSPS) is 24.8. The summed E-state index contributed by atoms with van der Waals surface area (Å²) < 4.78 is 55.8. The lowest BCUT2D eigenvalue weighted by molar-refractivity contribution is -0.137. The second-order valence-corrected chi connectivity index (χ2v) is 9.56. The molecule has 1 amide bonds. The molecule has 2 fully saturated rings. The predicted octanol–water partition coefficient (Wildman–Crippen LogP) is 5.16. The number of nitrogens with zero attached hydrogens (tertiary/aromatic N) is 2. The Hall–Kier alpha value is -3.04. The van der Waals surface area contributed by atoms with E-state index in [2.05, 4.69) is 5.48 Å². The number of hydrogen-bond acceptors (Lipinski definition) is 6. The van der Waals surface area contributed by atoms with Crippen LogP contribution in [-0.2, 0) is 11.0 Å². The lowest BCUT2D eigenvalue weighted by atomic mass is 9.73. The van der Waals surface area contributed by atoms with Crippen LogP contribution in [0.15, 0.2) is 36.4 Å². The predicted molar refractivity (Wildman–Crippen MR) is 124 cm³/mol. The summed E-state index contributed by atoms with van der Waals surface area (Å²) in [6.07, 6.45) is -2.50. The molecule has 11 heteroatoms. The fourth-order valence-electron chi connectivity index (χ4n) is 5.53. The van der Waals surface area contributed by atoms with Gasteiger partial charge in [0.2, 0.25) is 0 Å².